The Hall–Kier alpha value is -2.93. The van der Waals surface area contributed by atoms with Gasteiger partial charge in [0.05, 0.1) is 12.8 Å². The van der Waals surface area contributed by atoms with Gasteiger partial charge in [0.15, 0.2) is 11.5 Å². The van der Waals surface area contributed by atoms with E-state index in [2.05, 4.69) is 10.6 Å². The van der Waals surface area contributed by atoms with E-state index < -0.39 is 11.9 Å². The van der Waals surface area contributed by atoms with Crippen LogP contribution in [0.2, 0.25) is 0 Å². The standard InChI is InChI=1S/C24H28N2O4S/c1-3-23(29)26-20(24(30)25-16-21(27)18-10-6-4-7-11-18)14-15-31(2)17-22(28)19-12-8-5-9-13-19/h4-13,20H,3,14-17H2,1-2H3,(H-,25,26,29,30)/p+1/i5+1,8+1,9+1,12+1,13+1,16+1,19+1,21+1,22+1,23+1. The van der Waals surface area contributed by atoms with Gasteiger partial charge in [0.1, 0.15) is 11.8 Å². The second kappa shape index (κ2) is 12.7. The van der Waals surface area contributed by atoms with E-state index in [0.717, 1.165) is 0 Å². The highest BCUT2D eigenvalue weighted by Gasteiger charge is 2.25. The van der Waals surface area contributed by atoms with E-state index in [1.54, 1.807) is 43.3 Å². The van der Waals surface area contributed by atoms with Crippen LogP contribution in [-0.2, 0) is 20.5 Å². The average Bonchev–Trinajstić information content (AvgIpc) is 2.80. The molecular formula is C24H29N2O4S+. The summed E-state index contributed by atoms with van der Waals surface area (Å²) in [5.41, 5.74) is 1.20. The van der Waals surface area contributed by atoms with E-state index in [4.69, 9.17) is 0 Å². The molecule has 0 spiro atoms. The van der Waals surface area contributed by atoms with Crippen molar-refractivity contribution in [2.75, 3.05) is 24.3 Å². The topological polar surface area (TPSA) is 92.3 Å². The van der Waals surface area contributed by atoms with Crippen molar-refractivity contribution in [2.45, 2.75) is 25.8 Å². The van der Waals surface area contributed by atoms with E-state index in [1.807, 2.05) is 30.5 Å². The minimum Gasteiger partial charge on any atom is -0.347 e. The largest absolute Gasteiger partial charge is 0.347 e. The lowest BCUT2D eigenvalue weighted by atomic mass is 10.2. The number of amides is 2. The van der Waals surface area contributed by atoms with Gasteiger partial charge >= 0.3 is 0 Å². The van der Waals surface area contributed by atoms with Crippen LogP contribution < -0.4 is 10.6 Å². The number of carbonyl (C=O) groups excluding carboxylic acids is 4. The summed E-state index contributed by atoms with van der Waals surface area (Å²) in [5, 5.41) is 5.36. The number of carbonyl (C=O) groups is 4. The number of benzene rings is 2. The molecule has 6 nitrogen and oxygen atoms in total. The highest BCUT2D eigenvalue weighted by Crippen LogP contribution is 2.07. The van der Waals surface area contributed by atoms with Crippen LogP contribution in [-0.4, -0.2) is 53.7 Å². The molecule has 0 aliphatic rings. The zero-order valence-electron chi connectivity index (χ0n) is 17.9. The van der Waals surface area contributed by atoms with Crippen molar-refractivity contribution < 1.29 is 19.2 Å². The molecule has 164 valence electrons. The number of hydrogen-bond acceptors (Lipinski definition) is 4. The van der Waals surface area contributed by atoms with Crippen LogP contribution in [0.5, 0.6) is 0 Å². The molecule has 31 heavy (non-hydrogen) atoms. The van der Waals surface area contributed by atoms with Crippen molar-refractivity contribution >= 4 is 34.3 Å². The Balaban J connectivity index is 1.89. The van der Waals surface area contributed by atoms with Gasteiger partial charge in [0, 0.05) is 24.0 Å². The van der Waals surface area contributed by atoms with Gasteiger partial charge in [-0.25, -0.2) is 0 Å². The number of nitrogens with one attached hydrogen (secondary N) is 2. The fraction of sp³-hybridized carbons (Fsp3) is 0.333. The first-order chi connectivity index (χ1) is 14.9. The van der Waals surface area contributed by atoms with Crippen LogP contribution in [0.4, 0.5) is 0 Å². The van der Waals surface area contributed by atoms with E-state index >= 15 is 0 Å². The molecule has 0 aromatic heterocycles. The zero-order valence-corrected chi connectivity index (χ0v) is 18.7. The number of Topliss-reactive ketones (excluding diaryl/α,β-unsaturated/α-hetero) is 2. The summed E-state index contributed by atoms with van der Waals surface area (Å²) in [6.07, 6.45) is 2.65. The Morgan fingerprint density at radius 1 is 0.871 bits per heavy atom. The monoisotopic (exact) mass is 451 g/mol. The van der Waals surface area contributed by atoms with Crippen molar-refractivity contribution in [1.82, 2.24) is 10.6 Å². The molecule has 2 amide bonds. The fourth-order valence-electron chi connectivity index (χ4n) is 2.90. The molecule has 0 heterocycles. The summed E-state index contributed by atoms with van der Waals surface area (Å²) in [6, 6.07) is 17.1. The molecule has 2 atom stereocenters. The molecule has 0 fully saturated rings. The van der Waals surface area contributed by atoms with Crippen molar-refractivity contribution in [1.29, 1.82) is 0 Å². The van der Waals surface area contributed by atoms with Gasteiger partial charge in [-0.05, 0) is 10.9 Å². The first-order valence-corrected chi connectivity index (χ1v) is 12.2. The highest BCUT2D eigenvalue weighted by atomic mass is 32.2. The molecule has 0 radical (unpaired) electrons. The molecular weight excluding hydrogens is 422 g/mol. The summed E-state index contributed by atoms with van der Waals surface area (Å²) in [5.74, 6) is 0.264. The lowest BCUT2D eigenvalue weighted by Gasteiger charge is -2.17. The third-order valence-electron chi connectivity index (χ3n) is 4.72. The Morgan fingerprint density at radius 3 is 1.97 bits per heavy atom. The van der Waals surface area contributed by atoms with Crippen LogP contribution in [0.3, 0.4) is 0 Å². The van der Waals surface area contributed by atoms with Crippen molar-refractivity contribution in [2.24, 2.45) is 0 Å². The average molecular weight is 451 g/mol. The third-order valence-corrected chi connectivity index (χ3v) is 6.41. The highest BCUT2D eigenvalue weighted by molar-refractivity contribution is 7.96. The maximum atomic E-state index is 12.6. The normalized spacial score (nSPS) is 12.5. The van der Waals surface area contributed by atoms with E-state index in [-0.39, 0.29) is 41.3 Å². The Labute approximate surface area is 186 Å². The molecule has 2 unspecified atom stereocenters. The second-order valence-corrected chi connectivity index (χ2v) is 9.45. The first-order valence-electron chi connectivity index (χ1n) is 10.2. The molecule has 2 aromatic rings. The number of rotatable bonds is 12. The molecule has 0 bridgehead atoms. The Morgan fingerprint density at radius 2 is 1.42 bits per heavy atom. The van der Waals surface area contributed by atoms with Gasteiger partial charge in [-0.15, -0.1) is 0 Å². The molecule has 2 aromatic carbocycles. The number of hydrogen-bond donors (Lipinski definition) is 2. The molecule has 0 saturated heterocycles. The maximum Gasteiger partial charge on any atom is 0.243 e. The third kappa shape index (κ3) is 8.38. The summed E-state index contributed by atoms with van der Waals surface area (Å²) in [4.78, 5) is 49.2. The lowest BCUT2D eigenvalue weighted by Crippen LogP contribution is -2.48. The van der Waals surface area contributed by atoms with Crippen molar-refractivity contribution in [3.8, 4) is 0 Å². The summed E-state index contributed by atoms with van der Waals surface area (Å²) >= 11 is 0. The predicted molar refractivity (Wildman–Crippen MR) is 124 cm³/mol. The van der Waals surface area contributed by atoms with Crippen LogP contribution >= 0.6 is 0 Å². The van der Waals surface area contributed by atoms with Crippen molar-refractivity contribution in [3.63, 3.8) is 0 Å². The molecule has 7 heteroatoms. The van der Waals surface area contributed by atoms with Gasteiger partial charge in [0.25, 0.3) is 0 Å². The van der Waals surface area contributed by atoms with E-state index in [9.17, 15) is 19.2 Å². The quantitative estimate of drug-likeness (QED) is 0.295. The molecule has 2 N–H and O–H groups in total. The number of ketones is 2. The Kier molecular flexibility index (Phi) is 9.97. The molecule has 0 saturated carbocycles. The SMILES string of the molecule is CC[13C](=O)NC(CC[S+](C)C[13C](=O)[13c]1[13cH][13cH][13cH][13cH][13cH]1)C(=O)N[13CH2][13C](=O)c1ccccc1. The summed E-state index contributed by atoms with van der Waals surface area (Å²) < 4.78 is 0. The fourth-order valence-corrected chi connectivity index (χ4v) is 4.30. The van der Waals surface area contributed by atoms with Gasteiger partial charge in [0.2, 0.25) is 17.6 Å². The Bertz CT molecular complexity index is 887. The molecule has 2 rings (SSSR count). The van der Waals surface area contributed by atoms with Crippen LogP contribution in [0.25, 0.3) is 0 Å². The van der Waals surface area contributed by atoms with E-state index in [0.29, 0.717) is 29.1 Å². The van der Waals surface area contributed by atoms with Crippen molar-refractivity contribution in [3.05, 3.63) is 71.8 Å². The second-order valence-electron chi connectivity index (χ2n) is 7.19. The molecule has 0 aliphatic heterocycles. The van der Waals surface area contributed by atoms with Gasteiger partial charge in [-0.3, -0.25) is 19.2 Å². The summed E-state index contributed by atoms with van der Waals surface area (Å²) in [7, 11) is -0.245. The van der Waals surface area contributed by atoms with Gasteiger partial charge < -0.3 is 10.6 Å². The van der Waals surface area contributed by atoms with Crippen LogP contribution in [0, 0.1) is 0 Å². The molecule has 0 aliphatic carbocycles. The first kappa shape index (κ1) is 24.3. The minimum atomic E-state index is -0.738. The van der Waals surface area contributed by atoms with Gasteiger partial charge in [-0.2, -0.15) is 0 Å². The smallest absolute Gasteiger partial charge is 0.243 e. The zero-order chi connectivity index (χ0) is 22.6. The summed E-state index contributed by atoms with van der Waals surface area (Å²) in [6.45, 7) is 1.58. The predicted octanol–water partition coefficient (Wildman–Crippen LogP) is 2.40. The van der Waals surface area contributed by atoms with Crippen LogP contribution in [0.15, 0.2) is 60.7 Å². The van der Waals surface area contributed by atoms with Gasteiger partial charge in [-0.1, -0.05) is 67.6 Å². The van der Waals surface area contributed by atoms with Crippen LogP contribution in [0.1, 0.15) is 40.5 Å². The maximum absolute atomic E-state index is 12.6. The van der Waals surface area contributed by atoms with E-state index in [1.165, 1.54) is 0 Å². The minimum absolute atomic E-state index is 0.0680. The lowest BCUT2D eigenvalue weighted by molar-refractivity contribution is -0.128.